The second-order valence-electron chi connectivity index (χ2n) is 13.6. The van der Waals surface area contributed by atoms with Crippen molar-refractivity contribution in [3.63, 3.8) is 0 Å². The first-order valence-corrected chi connectivity index (χ1v) is 18.6. The number of aliphatic hydroxyl groups is 1. The van der Waals surface area contributed by atoms with Crippen molar-refractivity contribution in [1.29, 1.82) is 0 Å². The molecule has 17 nitrogen and oxygen atoms in total. The summed E-state index contributed by atoms with van der Waals surface area (Å²) < 4.78 is 0. The molecule has 0 spiro atoms. The summed E-state index contributed by atoms with van der Waals surface area (Å²) in [7, 11) is 0. The molecule has 2 aromatic rings. The van der Waals surface area contributed by atoms with Gasteiger partial charge in [-0.3, -0.25) is 33.8 Å². The number of benzene rings is 2. The number of guanidine groups is 1. The van der Waals surface area contributed by atoms with Crippen LogP contribution in [0.4, 0.5) is 0 Å². The van der Waals surface area contributed by atoms with Crippen LogP contribution in [0, 0.1) is 5.92 Å². The van der Waals surface area contributed by atoms with Gasteiger partial charge in [-0.05, 0) is 49.7 Å². The number of carbonyl (C=O) groups is 6. The first-order chi connectivity index (χ1) is 26.0. The first kappa shape index (κ1) is 46.0. The monoisotopic (exact) mass is 784 g/mol. The summed E-state index contributed by atoms with van der Waals surface area (Å²) in [5.41, 5.74) is 23.8. The van der Waals surface area contributed by atoms with Gasteiger partial charge in [-0.2, -0.15) is 12.6 Å². The van der Waals surface area contributed by atoms with Crippen LogP contribution in [0.1, 0.15) is 51.2 Å². The summed E-state index contributed by atoms with van der Waals surface area (Å²) in [6.07, 6.45) is -0.557. The number of aliphatic imine (C=N–C) groups is 1. The minimum absolute atomic E-state index is 0.0264. The van der Waals surface area contributed by atoms with Crippen LogP contribution in [0.15, 0.2) is 65.7 Å². The van der Waals surface area contributed by atoms with E-state index in [2.05, 4.69) is 44.2 Å². The number of hydrogen-bond acceptors (Lipinski definition) is 10. The third kappa shape index (κ3) is 16.8. The van der Waals surface area contributed by atoms with Crippen LogP contribution >= 0.6 is 12.6 Å². The lowest BCUT2D eigenvalue weighted by molar-refractivity contribution is -0.136. The highest BCUT2D eigenvalue weighted by Gasteiger charge is 2.34. The molecule has 0 fully saturated rings. The molecule has 0 aromatic heterocycles. The van der Waals surface area contributed by atoms with Gasteiger partial charge >= 0.3 is 0 Å². The number of amides is 6. The maximum Gasteiger partial charge on any atom is 0.245 e. The smallest absolute Gasteiger partial charge is 0.245 e. The van der Waals surface area contributed by atoms with Crippen molar-refractivity contribution in [3.05, 3.63) is 71.8 Å². The second kappa shape index (κ2) is 23.6. The van der Waals surface area contributed by atoms with E-state index in [1.807, 2.05) is 19.9 Å². The van der Waals surface area contributed by atoms with Crippen molar-refractivity contribution in [2.45, 2.75) is 95.2 Å². The fourth-order valence-electron chi connectivity index (χ4n) is 5.45. The van der Waals surface area contributed by atoms with Gasteiger partial charge in [-0.1, -0.05) is 74.5 Å². The van der Waals surface area contributed by atoms with E-state index in [9.17, 15) is 33.9 Å². The molecular formula is C37H56N10O7S. The zero-order valence-corrected chi connectivity index (χ0v) is 32.3. The highest BCUT2D eigenvalue weighted by atomic mass is 32.1. The number of aliphatic hydroxyl groups excluding tert-OH is 1. The second-order valence-corrected chi connectivity index (χ2v) is 14.0. The number of carbonyl (C=O) groups excluding carboxylic acids is 6. The molecule has 0 aliphatic heterocycles. The zero-order valence-electron chi connectivity index (χ0n) is 31.4. The number of hydrogen-bond donors (Lipinski definition) is 11. The number of thiol groups is 1. The van der Waals surface area contributed by atoms with E-state index in [0.717, 1.165) is 5.56 Å². The Labute approximate surface area is 327 Å². The molecule has 0 aliphatic rings. The number of rotatable bonds is 23. The minimum Gasteiger partial charge on any atom is -0.391 e. The number of nitrogens with one attached hydrogen (secondary N) is 5. The molecule has 18 heteroatoms. The van der Waals surface area contributed by atoms with E-state index < -0.39 is 77.8 Å². The SMILES string of the molecule is CC(C)C[C@H](NC(=O)[C@@H](NC(=O)[C@@H](N)Cc1ccccc1)[C@@H](C)O)C(=O)N[C@@H](CS)C(=O)N[C@@H](Cc1ccccc1)C(=O)N[C@@H](CCCN=C(N)N)C(N)=O. The molecule has 302 valence electrons. The third-order valence-corrected chi connectivity index (χ3v) is 8.74. The Kier molecular flexibility index (Phi) is 19.7. The van der Waals surface area contributed by atoms with Crippen molar-refractivity contribution in [2.24, 2.45) is 33.8 Å². The van der Waals surface area contributed by atoms with Gasteiger partial charge in [0, 0.05) is 18.7 Å². The standard InChI is InChI=1S/C37H56N10O7S/c1-21(2)17-27(45-36(54)30(22(3)48)47-32(50)25(38)18-23-11-6-4-7-12-23)33(51)46-29(20-55)35(53)44-28(19-24-13-8-5-9-14-24)34(52)43-26(31(39)49)15-10-16-42-37(40)41/h4-9,11-14,21-22,25-30,48,55H,10,15-20,38H2,1-3H3,(H2,39,49)(H,43,52)(H,44,53)(H,45,54)(H,46,51)(H,47,50)(H4,40,41,42)/t22-,25+,26+,27+,28+,29+,30+/m1/s1. The van der Waals surface area contributed by atoms with E-state index >= 15 is 0 Å². The van der Waals surface area contributed by atoms with Crippen LogP contribution in [0.25, 0.3) is 0 Å². The summed E-state index contributed by atoms with van der Waals surface area (Å²) >= 11 is 4.26. The summed E-state index contributed by atoms with van der Waals surface area (Å²) in [6, 6.07) is 10.6. The van der Waals surface area contributed by atoms with Gasteiger partial charge in [-0.25, -0.2) is 0 Å². The minimum atomic E-state index is -1.45. The molecule has 55 heavy (non-hydrogen) atoms. The lowest BCUT2D eigenvalue weighted by Crippen LogP contribution is -2.61. The molecule has 0 bridgehead atoms. The topological polar surface area (TPSA) is 299 Å². The molecule has 7 atom stereocenters. The Morgan fingerprint density at radius 2 is 1.16 bits per heavy atom. The van der Waals surface area contributed by atoms with Gasteiger partial charge in [0.2, 0.25) is 35.4 Å². The lowest BCUT2D eigenvalue weighted by atomic mass is 10.0. The Morgan fingerprint density at radius 3 is 1.67 bits per heavy atom. The van der Waals surface area contributed by atoms with Gasteiger partial charge in [0.1, 0.15) is 30.2 Å². The van der Waals surface area contributed by atoms with Crippen molar-refractivity contribution >= 4 is 54.0 Å². The lowest BCUT2D eigenvalue weighted by Gasteiger charge is -2.28. The predicted octanol–water partition coefficient (Wildman–Crippen LogP) is -1.88. The summed E-state index contributed by atoms with van der Waals surface area (Å²) in [5, 5.41) is 23.3. The molecule has 6 amide bonds. The van der Waals surface area contributed by atoms with E-state index in [-0.39, 0.29) is 49.9 Å². The van der Waals surface area contributed by atoms with E-state index in [4.69, 9.17) is 22.9 Å². The summed E-state index contributed by atoms with van der Waals surface area (Å²) in [5.74, 6) is -4.96. The molecule has 0 aliphatic carbocycles. The Hall–Kier alpha value is -5.20. The van der Waals surface area contributed by atoms with Gasteiger partial charge in [0.25, 0.3) is 0 Å². The molecule has 0 saturated heterocycles. The summed E-state index contributed by atoms with van der Waals surface area (Å²) in [6.45, 7) is 5.15. The van der Waals surface area contributed by atoms with Crippen LogP contribution in [0.3, 0.4) is 0 Å². The fraction of sp³-hybridized carbons (Fsp3) is 0.486. The van der Waals surface area contributed by atoms with Gasteiger partial charge in [0.05, 0.1) is 12.1 Å². The van der Waals surface area contributed by atoms with Crippen LogP contribution in [0.2, 0.25) is 0 Å². The highest BCUT2D eigenvalue weighted by Crippen LogP contribution is 2.10. The fourth-order valence-corrected chi connectivity index (χ4v) is 5.71. The molecule has 0 unspecified atom stereocenters. The number of nitrogens with two attached hydrogens (primary N) is 4. The molecule has 0 heterocycles. The van der Waals surface area contributed by atoms with Crippen LogP contribution in [-0.4, -0.2) is 101 Å². The largest absolute Gasteiger partial charge is 0.391 e. The molecule has 2 aromatic carbocycles. The molecule has 14 N–H and O–H groups in total. The number of primary amides is 1. The van der Waals surface area contributed by atoms with E-state index in [1.165, 1.54) is 6.92 Å². The average molecular weight is 785 g/mol. The normalized spacial score (nSPS) is 14.8. The van der Waals surface area contributed by atoms with Crippen LogP contribution in [0.5, 0.6) is 0 Å². The van der Waals surface area contributed by atoms with Gasteiger partial charge in [0.15, 0.2) is 5.96 Å². The molecule has 0 radical (unpaired) electrons. The predicted molar refractivity (Wildman–Crippen MR) is 212 cm³/mol. The van der Waals surface area contributed by atoms with Crippen LogP contribution < -0.4 is 49.5 Å². The maximum absolute atomic E-state index is 13.6. The van der Waals surface area contributed by atoms with Crippen molar-refractivity contribution in [2.75, 3.05) is 12.3 Å². The summed E-state index contributed by atoms with van der Waals surface area (Å²) in [4.78, 5) is 83.2. The van der Waals surface area contributed by atoms with Crippen molar-refractivity contribution < 1.29 is 33.9 Å². The molecule has 0 saturated carbocycles. The highest BCUT2D eigenvalue weighted by molar-refractivity contribution is 7.80. The van der Waals surface area contributed by atoms with Gasteiger partial charge < -0.3 is 54.6 Å². The quantitative estimate of drug-likeness (QED) is 0.0258. The van der Waals surface area contributed by atoms with Gasteiger partial charge in [-0.15, -0.1) is 0 Å². The Morgan fingerprint density at radius 1 is 0.673 bits per heavy atom. The van der Waals surface area contributed by atoms with E-state index in [0.29, 0.717) is 12.0 Å². The van der Waals surface area contributed by atoms with Crippen molar-refractivity contribution in [3.8, 4) is 0 Å². The number of nitrogens with zero attached hydrogens (tertiary/aromatic N) is 1. The Balaban J connectivity index is 2.20. The third-order valence-electron chi connectivity index (χ3n) is 8.37. The van der Waals surface area contributed by atoms with Crippen molar-refractivity contribution in [1.82, 2.24) is 26.6 Å². The maximum atomic E-state index is 13.6. The first-order valence-electron chi connectivity index (χ1n) is 18.0. The average Bonchev–Trinajstić information content (AvgIpc) is 3.13. The zero-order chi connectivity index (χ0) is 41.1. The van der Waals surface area contributed by atoms with E-state index in [1.54, 1.807) is 54.6 Å². The van der Waals surface area contributed by atoms with Crippen LogP contribution in [-0.2, 0) is 41.6 Å². The Bertz CT molecular complexity index is 1590. The molecule has 2 rings (SSSR count). The molecular weight excluding hydrogens is 729 g/mol.